The average Bonchev–Trinajstić information content (AvgIpc) is 2.82. The minimum absolute atomic E-state index is 0.191. The Morgan fingerprint density at radius 2 is 2.29 bits per heavy atom. The Balaban J connectivity index is 2.09. The minimum Gasteiger partial charge on any atom is -0.478 e. The summed E-state index contributed by atoms with van der Waals surface area (Å²) in [5.74, 6) is -0.241. The van der Waals surface area contributed by atoms with Crippen molar-refractivity contribution >= 4 is 23.1 Å². The number of rotatable bonds is 4. The van der Waals surface area contributed by atoms with Gasteiger partial charge in [0.1, 0.15) is 5.82 Å². The van der Waals surface area contributed by atoms with Gasteiger partial charge in [-0.3, -0.25) is 0 Å². The van der Waals surface area contributed by atoms with Crippen LogP contribution in [0, 0.1) is 0 Å². The lowest BCUT2D eigenvalue weighted by Crippen LogP contribution is -2.18. The van der Waals surface area contributed by atoms with Gasteiger partial charge >= 0.3 is 5.97 Å². The van der Waals surface area contributed by atoms with E-state index in [1.54, 1.807) is 29.0 Å². The molecule has 0 fully saturated rings. The highest BCUT2D eigenvalue weighted by molar-refractivity contribution is 7.07. The van der Waals surface area contributed by atoms with Crippen LogP contribution in [0.3, 0.4) is 0 Å². The zero-order valence-electron chi connectivity index (χ0n) is 9.20. The fourth-order valence-corrected chi connectivity index (χ4v) is 1.93. The SMILES string of the molecule is CN(Cc1cscn1)c1ccc(C(=O)O)cn1. The molecule has 6 heteroatoms. The summed E-state index contributed by atoms with van der Waals surface area (Å²) < 4.78 is 0. The lowest BCUT2D eigenvalue weighted by Gasteiger charge is -2.16. The number of carbonyl (C=O) groups is 1. The monoisotopic (exact) mass is 249 g/mol. The van der Waals surface area contributed by atoms with Crippen LogP contribution < -0.4 is 4.90 Å². The van der Waals surface area contributed by atoms with Crippen molar-refractivity contribution in [3.05, 3.63) is 40.5 Å². The number of thiazole rings is 1. The molecule has 2 heterocycles. The van der Waals surface area contributed by atoms with Crippen molar-refractivity contribution in [3.63, 3.8) is 0 Å². The van der Waals surface area contributed by atoms with E-state index in [1.807, 2.05) is 17.3 Å². The zero-order valence-corrected chi connectivity index (χ0v) is 10.0. The molecule has 88 valence electrons. The lowest BCUT2D eigenvalue weighted by atomic mass is 10.3. The van der Waals surface area contributed by atoms with Crippen molar-refractivity contribution in [2.45, 2.75) is 6.54 Å². The molecule has 5 nitrogen and oxygen atoms in total. The summed E-state index contributed by atoms with van der Waals surface area (Å²) in [6.07, 6.45) is 1.36. The summed E-state index contributed by atoms with van der Waals surface area (Å²) >= 11 is 1.55. The first-order valence-corrected chi connectivity index (χ1v) is 5.88. The van der Waals surface area contributed by atoms with Crippen LogP contribution in [0.2, 0.25) is 0 Å². The highest BCUT2D eigenvalue weighted by atomic mass is 32.1. The second-order valence-corrected chi connectivity index (χ2v) is 4.26. The van der Waals surface area contributed by atoms with E-state index in [9.17, 15) is 4.79 Å². The Bertz CT molecular complexity index is 496. The first kappa shape index (κ1) is 11.5. The van der Waals surface area contributed by atoms with Crippen molar-refractivity contribution in [2.75, 3.05) is 11.9 Å². The fourth-order valence-electron chi connectivity index (χ4n) is 1.38. The number of carboxylic acids is 1. The fraction of sp³-hybridized carbons (Fsp3) is 0.182. The van der Waals surface area contributed by atoms with Gasteiger partial charge in [0.2, 0.25) is 0 Å². The molecule has 0 spiro atoms. The Labute approximate surface area is 102 Å². The predicted molar refractivity (Wildman–Crippen MR) is 65.4 cm³/mol. The maximum absolute atomic E-state index is 10.7. The topological polar surface area (TPSA) is 66.3 Å². The van der Waals surface area contributed by atoms with E-state index in [0.29, 0.717) is 6.54 Å². The largest absolute Gasteiger partial charge is 0.478 e. The smallest absolute Gasteiger partial charge is 0.337 e. The molecule has 0 saturated heterocycles. The van der Waals surface area contributed by atoms with Gasteiger partial charge in [-0.15, -0.1) is 11.3 Å². The van der Waals surface area contributed by atoms with Gasteiger partial charge in [0.05, 0.1) is 23.3 Å². The van der Waals surface area contributed by atoms with E-state index in [0.717, 1.165) is 11.5 Å². The number of hydrogen-bond donors (Lipinski definition) is 1. The maximum Gasteiger partial charge on any atom is 0.337 e. The quantitative estimate of drug-likeness (QED) is 0.896. The molecule has 0 unspecified atom stereocenters. The molecule has 17 heavy (non-hydrogen) atoms. The summed E-state index contributed by atoms with van der Waals surface area (Å²) in [6.45, 7) is 0.656. The molecule has 0 aromatic carbocycles. The molecule has 2 aromatic rings. The van der Waals surface area contributed by atoms with E-state index in [2.05, 4.69) is 9.97 Å². The molecule has 0 radical (unpaired) electrons. The first-order chi connectivity index (χ1) is 8.16. The van der Waals surface area contributed by atoms with E-state index in [1.165, 1.54) is 6.20 Å². The summed E-state index contributed by atoms with van der Waals surface area (Å²) in [6, 6.07) is 3.23. The van der Waals surface area contributed by atoms with Crippen molar-refractivity contribution in [3.8, 4) is 0 Å². The Kier molecular flexibility index (Phi) is 3.34. The summed E-state index contributed by atoms with van der Waals surface area (Å²) in [5.41, 5.74) is 2.95. The molecule has 0 saturated carbocycles. The van der Waals surface area contributed by atoms with Crippen molar-refractivity contribution in [1.29, 1.82) is 0 Å². The van der Waals surface area contributed by atoms with Crippen molar-refractivity contribution in [2.24, 2.45) is 0 Å². The lowest BCUT2D eigenvalue weighted by molar-refractivity contribution is 0.0696. The van der Waals surface area contributed by atoms with E-state index in [-0.39, 0.29) is 5.56 Å². The zero-order chi connectivity index (χ0) is 12.3. The molecule has 0 aliphatic heterocycles. The second kappa shape index (κ2) is 4.92. The summed E-state index contributed by atoms with van der Waals surface area (Å²) in [5, 5.41) is 10.7. The van der Waals surface area contributed by atoms with Gasteiger partial charge in [0.25, 0.3) is 0 Å². The van der Waals surface area contributed by atoms with E-state index in [4.69, 9.17) is 5.11 Å². The molecule has 0 amide bonds. The Morgan fingerprint density at radius 3 is 2.82 bits per heavy atom. The van der Waals surface area contributed by atoms with E-state index < -0.39 is 5.97 Å². The number of anilines is 1. The van der Waals surface area contributed by atoms with Crippen LogP contribution >= 0.6 is 11.3 Å². The molecular weight excluding hydrogens is 238 g/mol. The third-order valence-corrected chi connectivity index (χ3v) is 2.90. The normalized spacial score (nSPS) is 10.2. The highest BCUT2D eigenvalue weighted by Gasteiger charge is 2.07. The number of carboxylic acid groups (broad SMARTS) is 1. The molecular formula is C11H11N3O2S. The molecule has 0 bridgehead atoms. The molecule has 2 rings (SSSR count). The van der Waals surface area contributed by atoms with Gasteiger partial charge in [0.15, 0.2) is 0 Å². The van der Waals surface area contributed by atoms with Crippen LogP contribution in [0.4, 0.5) is 5.82 Å². The molecule has 0 atom stereocenters. The van der Waals surface area contributed by atoms with Gasteiger partial charge in [0, 0.05) is 18.6 Å². The summed E-state index contributed by atoms with van der Waals surface area (Å²) in [4.78, 5) is 20.9. The van der Waals surface area contributed by atoms with Gasteiger partial charge in [-0.2, -0.15) is 0 Å². The van der Waals surface area contributed by atoms with Gasteiger partial charge in [-0.1, -0.05) is 0 Å². The van der Waals surface area contributed by atoms with E-state index >= 15 is 0 Å². The van der Waals surface area contributed by atoms with Crippen LogP contribution in [0.5, 0.6) is 0 Å². The Morgan fingerprint density at radius 1 is 1.47 bits per heavy atom. The van der Waals surface area contributed by atoms with Crippen LogP contribution in [0.15, 0.2) is 29.2 Å². The number of hydrogen-bond acceptors (Lipinski definition) is 5. The molecule has 1 N–H and O–H groups in total. The number of aromatic carboxylic acids is 1. The Hall–Kier alpha value is -1.95. The van der Waals surface area contributed by atoms with Crippen molar-refractivity contribution in [1.82, 2.24) is 9.97 Å². The summed E-state index contributed by atoms with van der Waals surface area (Å²) in [7, 11) is 1.89. The van der Waals surface area contributed by atoms with Gasteiger partial charge < -0.3 is 10.0 Å². The predicted octanol–water partition coefficient (Wildman–Crippen LogP) is 1.87. The van der Waals surface area contributed by atoms with Crippen LogP contribution in [0.25, 0.3) is 0 Å². The second-order valence-electron chi connectivity index (χ2n) is 3.55. The van der Waals surface area contributed by atoms with Crippen LogP contribution in [-0.4, -0.2) is 28.1 Å². The first-order valence-electron chi connectivity index (χ1n) is 4.94. The van der Waals surface area contributed by atoms with Crippen LogP contribution in [0.1, 0.15) is 16.1 Å². The average molecular weight is 249 g/mol. The third-order valence-electron chi connectivity index (χ3n) is 2.27. The van der Waals surface area contributed by atoms with Crippen LogP contribution in [-0.2, 0) is 6.54 Å². The third kappa shape index (κ3) is 2.79. The maximum atomic E-state index is 10.7. The van der Waals surface area contributed by atoms with Crippen molar-refractivity contribution < 1.29 is 9.90 Å². The standard InChI is InChI=1S/C11H11N3O2S/c1-14(5-9-6-17-7-13-9)10-3-2-8(4-12-10)11(15)16/h2-4,6-7H,5H2,1H3,(H,15,16). The van der Waals surface area contributed by atoms with Gasteiger partial charge in [-0.05, 0) is 12.1 Å². The number of aromatic nitrogens is 2. The minimum atomic E-state index is -0.966. The number of nitrogens with zero attached hydrogens (tertiary/aromatic N) is 3. The molecule has 2 aromatic heterocycles. The van der Waals surface area contributed by atoms with Gasteiger partial charge in [-0.25, -0.2) is 14.8 Å². The number of pyridine rings is 1. The highest BCUT2D eigenvalue weighted by Crippen LogP contribution is 2.13. The molecule has 0 aliphatic rings. The molecule has 0 aliphatic carbocycles.